The lowest BCUT2D eigenvalue weighted by molar-refractivity contribution is -0.120. The van der Waals surface area contributed by atoms with Gasteiger partial charge in [0, 0.05) is 5.56 Å². The van der Waals surface area contributed by atoms with Gasteiger partial charge in [-0.3, -0.25) is 4.79 Å². The predicted octanol–water partition coefficient (Wildman–Crippen LogP) is 2.66. The van der Waals surface area contributed by atoms with Gasteiger partial charge >= 0.3 is 5.97 Å². The largest absolute Gasteiger partial charge is 0.478 e. The van der Waals surface area contributed by atoms with Crippen LogP contribution in [0.4, 0.5) is 0 Å². The maximum atomic E-state index is 11.1. The highest BCUT2D eigenvalue weighted by Crippen LogP contribution is 2.26. The van der Waals surface area contributed by atoms with E-state index in [1.807, 2.05) is 0 Å². The molecule has 0 atom stereocenters. The van der Waals surface area contributed by atoms with Crippen LogP contribution in [0.15, 0.2) is 39.9 Å². The van der Waals surface area contributed by atoms with Crippen molar-refractivity contribution in [1.29, 1.82) is 5.26 Å². The molecule has 0 fully saturated rings. The highest BCUT2D eigenvalue weighted by atomic mass is 35.5. The number of rotatable bonds is 5. The molecule has 0 unspecified atom stereocenters. The second-order valence-corrected chi connectivity index (χ2v) is 4.74. The first-order valence-electron chi connectivity index (χ1n) is 6.33. The SMILES string of the molecule is N#CCC(=O)N/N=C/c1ccc(-c2ccc(Cl)c(C(=O)O)c2)o1. The van der Waals surface area contributed by atoms with Crippen molar-refractivity contribution in [3.05, 3.63) is 46.7 Å². The van der Waals surface area contributed by atoms with Crippen LogP contribution in [0.3, 0.4) is 0 Å². The van der Waals surface area contributed by atoms with Gasteiger partial charge in [0.15, 0.2) is 0 Å². The molecule has 0 saturated carbocycles. The molecule has 0 aliphatic rings. The number of carbonyl (C=O) groups is 2. The van der Waals surface area contributed by atoms with E-state index in [9.17, 15) is 9.59 Å². The lowest BCUT2D eigenvalue weighted by Gasteiger charge is -2.01. The summed E-state index contributed by atoms with van der Waals surface area (Å²) in [5.41, 5.74) is 2.68. The van der Waals surface area contributed by atoms with Crippen molar-refractivity contribution in [3.8, 4) is 17.4 Å². The number of hydrogen-bond acceptors (Lipinski definition) is 5. The van der Waals surface area contributed by atoms with Crippen molar-refractivity contribution in [3.63, 3.8) is 0 Å². The van der Waals surface area contributed by atoms with Gasteiger partial charge in [0.25, 0.3) is 5.91 Å². The van der Waals surface area contributed by atoms with Gasteiger partial charge in [-0.25, -0.2) is 10.2 Å². The van der Waals surface area contributed by atoms with E-state index in [1.54, 1.807) is 24.3 Å². The fourth-order valence-corrected chi connectivity index (χ4v) is 1.90. The van der Waals surface area contributed by atoms with E-state index in [0.29, 0.717) is 17.1 Å². The Labute approximate surface area is 135 Å². The average Bonchev–Trinajstić information content (AvgIpc) is 2.96. The number of nitrogens with zero attached hydrogens (tertiary/aromatic N) is 2. The van der Waals surface area contributed by atoms with E-state index < -0.39 is 11.9 Å². The molecule has 2 aromatic rings. The summed E-state index contributed by atoms with van der Waals surface area (Å²) in [6.45, 7) is 0. The third-order valence-electron chi connectivity index (χ3n) is 2.73. The maximum absolute atomic E-state index is 11.1. The molecule has 1 heterocycles. The highest BCUT2D eigenvalue weighted by Gasteiger charge is 2.12. The number of amides is 1. The Morgan fingerprint density at radius 3 is 2.87 bits per heavy atom. The van der Waals surface area contributed by atoms with Crippen molar-refractivity contribution >= 4 is 29.7 Å². The molecule has 0 saturated heterocycles. The average molecular weight is 332 g/mol. The lowest BCUT2D eigenvalue weighted by atomic mass is 10.1. The number of hydrazone groups is 1. The summed E-state index contributed by atoms with van der Waals surface area (Å²) >= 11 is 5.81. The molecule has 1 aromatic heterocycles. The van der Waals surface area contributed by atoms with Crippen molar-refractivity contribution in [2.75, 3.05) is 0 Å². The zero-order valence-electron chi connectivity index (χ0n) is 11.6. The van der Waals surface area contributed by atoms with Gasteiger partial charge in [-0.1, -0.05) is 11.6 Å². The molecule has 0 spiro atoms. The fraction of sp³-hybridized carbons (Fsp3) is 0.0667. The first-order valence-corrected chi connectivity index (χ1v) is 6.71. The summed E-state index contributed by atoms with van der Waals surface area (Å²) in [6.07, 6.45) is 0.982. The summed E-state index contributed by atoms with van der Waals surface area (Å²) in [4.78, 5) is 22.1. The van der Waals surface area contributed by atoms with Crippen LogP contribution in [0.25, 0.3) is 11.3 Å². The quantitative estimate of drug-likeness (QED) is 0.645. The molecule has 0 aliphatic carbocycles. The third kappa shape index (κ3) is 4.18. The molecular formula is C15H10ClN3O4. The number of furan rings is 1. The molecule has 0 radical (unpaired) electrons. The Hall–Kier alpha value is -3.11. The number of carboxylic acid groups (broad SMARTS) is 1. The summed E-state index contributed by atoms with van der Waals surface area (Å²) in [5, 5.41) is 21.2. The van der Waals surface area contributed by atoms with Gasteiger partial charge in [0.2, 0.25) is 0 Å². The fourth-order valence-electron chi connectivity index (χ4n) is 1.70. The van der Waals surface area contributed by atoms with Crippen molar-refractivity contribution in [1.82, 2.24) is 5.43 Å². The van der Waals surface area contributed by atoms with Gasteiger partial charge in [0.05, 0.1) is 22.9 Å². The Bertz CT molecular complexity index is 820. The monoisotopic (exact) mass is 331 g/mol. The van der Waals surface area contributed by atoms with Crippen LogP contribution in [0.2, 0.25) is 5.02 Å². The molecule has 2 N–H and O–H groups in total. The topological polar surface area (TPSA) is 116 Å². The molecule has 8 heteroatoms. The number of carboxylic acids is 1. The summed E-state index contributed by atoms with van der Waals surface area (Å²) < 4.78 is 5.48. The first-order chi connectivity index (χ1) is 11.0. The standard InChI is InChI=1S/C15H10ClN3O4/c16-12-3-1-9(7-11(12)15(21)22)13-4-2-10(23-13)8-18-19-14(20)5-6-17/h1-4,7-8H,5H2,(H,19,20)(H,21,22)/b18-8+. The number of benzene rings is 1. The first kappa shape index (κ1) is 16.3. The number of halogens is 1. The molecule has 0 bridgehead atoms. The zero-order chi connectivity index (χ0) is 16.8. The molecule has 1 amide bonds. The smallest absolute Gasteiger partial charge is 0.337 e. The third-order valence-corrected chi connectivity index (χ3v) is 3.06. The van der Waals surface area contributed by atoms with E-state index >= 15 is 0 Å². The van der Waals surface area contributed by atoms with E-state index in [0.717, 1.165) is 0 Å². The van der Waals surface area contributed by atoms with Crippen LogP contribution in [-0.4, -0.2) is 23.2 Å². The Morgan fingerprint density at radius 2 is 2.17 bits per heavy atom. The van der Waals surface area contributed by atoms with E-state index in [2.05, 4.69) is 10.5 Å². The zero-order valence-corrected chi connectivity index (χ0v) is 12.4. The van der Waals surface area contributed by atoms with Crippen LogP contribution in [0, 0.1) is 11.3 Å². The van der Waals surface area contributed by atoms with Crippen LogP contribution >= 0.6 is 11.6 Å². The summed E-state index contributed by atoms with van der Waals surface area (Å²) in [7, 11) is 0. The number of aromatic carboxylic acids is 1. The Balaban J connectivity index is 2.15. The van der Waals surface area contributed by atoms with Crippen LogP contribution in [-0.2, 0) is 4.79 Å². The molecule has 1 aromatic carbocycles. The normalized spacial score (nSPS) is 10.4. The molecule has 0 aliphatic heterocycles. The van der Waals surface area contributed by atoms with Crippen molar-refractivity contribution in [2.45, 2.75) is 6.42 Å². The molecular weight excluding hydrogens is 322 g/mol. The predicted molar refractivity (Wildman–Crippen MR) is 82.1 cm³/mol. The van der Waals surface area contributed by atoms with Crippen LogP contribution in [0.1, 0.15) is 22.5 Å². The number of nitriles is 1. The van der Waals surface area contributed by atoms with Gasteiger partial charge < -0.3 is 9.52 Å². The van der Waals surface area contributed by atoms with Crippen LogP contribution in [0.5, 0.6) is 0 Å². The van der Waals surface area contributed by atoms with Gasteiger partial charge in [-0.05, 0) is 30.3 Å². The van der Waals surface area contributed by atoms with Gasteiger partial charge in [0.1, 0.15) is 17.9 Å². The van der Waals surface area contributed by atoms with E-state index in [4.69, 9.17) is 26.4 Å². The summed E-state index contributed by atoms with van der Waals surface area (Å²) in [6, 6.07) is 9.43. The number of hydrogen-bond donors (Lipinski definition) is 2. The van der Waals surface area contributed by atoms with Gasteiger partial charge in [-0.2, -0.15) is 10.4 Å². The number of nitrogens with one attached hydrogen (secondary N) is 1. The van der Waals surface area contributed by atoms with E-state index in [-0.39, 0.29) is 17.0 Å². The van der Waals surface area contributed by atoms with Gasteiger partial charge in [-0.15, -0.1) is 0 Å². The maximum Gasteiger partial charge on any atom is 0.337 e. The highest BCUT2D eigenvalue weighted by molar-refractivity contribution is 6.33. The second-order valence-electron chi connectivity index (χ2n) is 4.33. The minimum atomic E-state index is -1.13. The lowest BCUT2D eigenvalue weighted by Crippen LogP contribution is -2.15. The molecule has 116 valence electrons. The van der Waals surface area contributed by atoms with E-state index in [1.165, 1.54) is 18.3 Å². The number of carbonyl (C=O) groups excluding carboxylic acids is 1. The second kappa shape index (κ2) is 7.24. The minimum Gasteiger partial charge on any atom is -0.478 e. The molecule has 2 rings (SSSR count). The van der Waals surface area contributed by atoms with Crippen molar-refractivity contribution in [2.24, 2.45) is 5.10 Å². The van der Waals surface area contributed by atoms with Crippen LogP contribution < -0.4 is 5.43 Å². The van der Waals surface area contributed by atoms with Crippen molar-refractivity contribution < 1.29 is 19.1 Å². The Kier molecular flexibility index (Phi) is 5.12. The summed E-state index contributed by atoms with van der Waals surface area (Å²) in [5.74, 6) is -0.886. The minimum absolute atomic E-state index is 0.0282. The molecule has 7 nitrogen and oxygen atoms in total. The molecule has 23 heavy (non-hydrogen) atoms. The Morgan fingerprint density at radius 1 is 1.39 bits per heavy atom.